The van der Waals surface area contributed by atoms with E-state index in [1.165, 1.54) is 23.3 Å². The normalized spacial score (nSPS) is 10.8. The van der Waals surface area contributed by atoms with E-state index in [1.807, 2.05) is 0 Å². The molecule has 0 radical (unpaired) electrons. The van der Waals surface area contributed by atoms with Crippen LogP contribution in [-0.4, -0.2) is 42.5 Å². The van der Waals surface area contributed by atoms with Gasteiger partial charge in [-0.2, -0.15) is 8.42 Å². The Hall–Kier alpha value is -0.850. The van der Waals surface area contributed by atoms with Gasteiger partial charge in [0, 0.05) is 12.2 Å². The minimum absolute atomic E-state index is 0. The molecule has 2 N–H and O–H groups in total. The molecule has 0 bridgehead atoms. The number of nitrogens with one attached hydrogen (secondary N) is 1. The van der Waals surface area contributed by atoms with Crippen molar-refractivity contribution in [2.24, 2.45) is 0 Å². The van der Waals surface area contributed by atoms with Crippen LogP contribution in [0.4, 0.5) is 5.69 Å². The molecule has 6 heteroatoms. The van der Waals surface area contributed by atoms with Gasteiger partial charge in [0.2, 0.25) is 0 Å². The molecule has 0 heterocycles. The number of hydrogen-bond acceptors (Lipinski definition) is 3. The minimum atomic E-state index is -4.12. The van der Waals surface area contributed by atoms with Gasteiger partial charge >= 0.3 is 29.6 Å². The summed E-state index contributed by atoms with van der Waals surface area (Å²) in [6, 6.07) is 12.3. The maximum atomic E-state index is 10.9. The van der Waals surface area contributed by atoms with Crippen molar-refractivity contribution in [1.29, 1.82) is 0 Å². The predicted molar refractivity (Wildman–Crippen MR) is 86.6 cm³/mol. The van der Waals surface area contributed by atoms with Gasteiger partial charge in [0.05, 0.1) is 4.90 Å². The second-order valence-electron chi connectivity index (χ2n) is 4.77. The second kappa shape index (κ2) is 7.42. The Bertz CT molecular complexity index is 712. The van der Waals surface area contributed by atoms with Crippen molar-refractivity contribution >= 4 is 45.4 Å². The molecule has 0 spiro atoms. The van der Waals surface area contributed by atoms with Crippen molar-refractivity contribution in [3.63, 3.8) is 0 Å². The standard InChI is InChI=1S/C15H17NO3S.Na.H/c1-11-3-4-13(9-12(11)2)10-16-14-5-7-15(8-6-14)20(17,18)19;;/h3-9,16H,10H2,1-2H3,(H,17,18,19);;. The van der Waals surface area contributed by atoms with Gasteiger partial charge in [-0.05, 0) is 54.8 Å². The average Bonchev–Trinajstić information content (AvgIpc) is 2.40. The number of benzene rings is 2. The average molecular weight is 315 g/mol. The van der Waals surface area contributed by atoms with E-state index in [0.717, 1.165) is 11.3 Å². The molecule has 0 aliphatic carbocycles. The Morgan fingerprint density at radius 3 is 2.14 bits per heavy atom. The zero-order chi connectivity index (χ0) is 14.8. The van der Waals surface area contributed by atoms with Crippen LogP contribution in [0.5, 0.6) is 0 Å². The molecule has 0 unspecified atom stereocenters. The number of hydrogen-bond donors (Lipinski definition) is 2. The molecule has 0 atom stereocenters. The van der Waals surface area contributed by atoms with Crippen molar-refractivity contribution < 1.29 is 13.0 Å². The van der Waals surface area contributed by atoms with Crippen molar-refractivity contribution in [3.05, 3.63) is 59.2 Å². The summed E-state index contributed by atoms with van der Waals surface area (Å²) < 4.78 is 30.8. The molecule has 0 aliphatic rings. The molecule has 0 aliphatic heterocycles. The number of aryl methyl sites for hydroxylation is 2. The molecule has 21 heavy (non-hydrogen) atoms. The van der Waals surface area contributed by atoms with Crippen LogP contribution < -0.4 is 5.32 Å². The summed E-state index contributed by atoms with van der Waals surface area (Å²) in [7, 11) is -4.12. The van der Waals surface area contributed by atoms with E-state index < -0.39 is 10.1 Å². The van der Waals surface area contributed by atoms with Gasteiger partial charge in [-0.25, -0.2) is 0 Å². The Kier molecular flexibility index (Phi) is 6.43. The van der Waals surface area contributed by atoms with Crippen LogP contribution in [0.2, 0.25) is 0 Å². The van der Waals surface area contributed by atoms with Crippen molar-refractivity contribution in [3.8, 4) is 0 Å². The van der Waals surface area contributed by atoms with E-state index in [1.54, 1.807) is 12.1 Å². The molecular formula is C15H18NNaO3S. The van der Waals surface area contributed by atoms with Crippen LogP contribution in [0.3, 0.4) is 0 Å². The first-order valence-electron chi connectivity index (χ1n) is 6.24. The molecule has 0 aromatic heterocycles. The molecule has 2 aromatic carbocycles. The third-order valence-corrected chi connectivity index (χ3v) is 4.09. The van der Waals surface area contributed by atoms with Gasteiger partial charge < -0.3 is 5.32 Å². The second-order valence-corrected chi connectivity index (χ2v) is 6.19. The van der Waals surface area contributed by atoms with Crippen LogP contribution in [0.1, 0.15) is 16.7 Å². The Balaban J connectivity index is 0.00000220. The quantitative estimate of drug-likeness (QED) is 0.672. The third kappa shape index (κ3) is 5.13. The van der Waals surface area contributed by atoms with Gasteiger partial charge in [0.25, 0.3) is 10.1 Å². The van der Waals surface area contributed by atoms with Crippen LogP contribution in [-0.2, 0) is 16.7 Å². The van der Waals surface area contributed by atoms with E-state index in [2.05, 4.69) is 37.4 Å². The van der Waals surface area contributed by atoms with Gasteiger partial charge in [-0.3, -0.25) is 4.55 Å². The summed E-state index contributed by atoms with van der Waals surface area (Å²) in [6.45, 7) is 4.80. The van der Waals surface area contributed by atoms with Gasteiger partial charge in [-0.1, -0.05) is 18.2 Å². The fourth-order valence-corrected chi connectivity index (χ4v) is 2.34. The van der Waals surface area contributed by atoms with E-state index in [-0.39, 0.29) is 34.5 Å². The molecule has 2 rings (SSSR count). The molecular weight excluding hydrogens is 297 g/mol. The topological polar surface area (TPSA) is 66.4 Å². The van der Waals surface area contributed by atoms with Gasteiger partial charge in [0.1, 0.15) is 0 Å². The molecule has 0 fully saturated rings. The molecule has 0 saturated carbocycles. The van der Waals surface area contributed by atoms with Crippen molar-refractivity contribution in [2.45, 2.75) is 25.3 Å². The monoisotopic (exact) mass is 315 g/mol. The van der Waals surface area contributed by atoms with Crippen LogP contribution in [0.25, 0.3) is 0 Å². The summed E-state index contributed by atoms with van der Waals surface area (Å²) in [4.78, 5) is -0.103. The van der Waals surface area contributed by atoms with Crippen molar-refractivity contribution in [2.75, 3.05) is 5.32 Å². The predicted octanol–water partition coefficient (Wildman–Crippen LogP) is 2.51. The summed E-state index contributed by atoms with van der Waals surface area (Å²) in [5.41, 5.74) is 4.46. The van der Waals surface area contributed by atoms with E-state index in [9.17, 15) is 8.42 Å². The number of rotatable bonds is 4. The summed E-state index contributed by atoms with van der Waals surface area (Å²) in [5, 5.41) is 3.21. The van der Waals surface area contributed by atoms with E-state index in [0.29, 0.717) is 6.54 Å². The van der Waals surface area contributed by atoms with Crippen LogP contribution in [0, 0.1) is 13.8 Å². The molecule has 108 valence electrons. The SMILES string of the molecule is Cc1ccc(CNc2ccc(S(=O)(=O)O)cc2)cc1C.[NaH]. The molecule has 4 nitrogen and oxygen atoms in total. The first-order valence-corrected chi connectivity index (χ1v) is 7.68. The first kappa shape index (κ1) is 18.2. The van der Waals surface area contributed by atoms with E-state index in [4.69, 9.17) is 4.55 Å². The van der Waals surface area contributed by atoms with Gasteiger partial charge in [0.15, 0.2) is 0 Å². The third-order valence-electron chi connectivity index (χ3n) is 3.22. The summed E-state index contributed by atoms with van der Waals surface area (Å²) in [5.74, 6) is 0. The first-order chi connectivity index (χ1) is 9.36. The Morgan fingerprint density at radius 1 is 1.00 bits per heavy atom. The Morgan fingerprint density at radius 2 is 1.62 bits per heavy atom. The van der Waals surface area contributed by atoms with Crippen LogP contribution in [0.15, 0.2) is 47.4 Å². The van der Waals surface area contributed by atoms with Gasteiger partial charge in [-0.15, -0.1) is 0 Å². The number of anilines is 1. The summed E-state index contributed by atoms with van der Waals surface area (Å²) >= 11 is 0. The van der Waals surface area contributed by atoms with Crippen molar-refractivity contribution in [1.82, 2.24) is 0 Å². The zero-order valence-corrected chi connectivity index (χ0v) is 12.2. The molecule has 0 saturated heterocycles. The fourth-order valence-electron chi connectivity index (χ4n) is 1.86. The van der Waals surface area contributed by atoms with E-state index >= 15 is 0 Å². The van der Waals surface area contributed by atoms with Crippen LogP contribution >= 0.6 is 0 Å². The summed E-state index contributed by atoms with van der Waals surface area (Å²) in [6.07, 6.45) is 0. The molecule has 0 amide bonds. The fraction of sp³-hybridized carbons (Fsp3) is 0.200. The maximum absolute atomic E-state index is 10.9. The Labute approximate surface area is 147 Å². The molecule has 2 aromatic rings. The zero-order valence-electron chi connectivity index (χ0n) is 11.4.